The van der Waals surface area contributed by atoms with E-state index < -0.39 is 0 Å². The summed E-state index contributed by atoms with van der Waals surface area (Å²) in [7, 11) is 0. The van der Waals surface area contributed by atoms with Gasteiger partial charge in [0.2, 0.25) is 0 Å². The van der Waals surface area contributed by atoms with Crippen LogP contribution in [-0.4, -0.2) is 18.5 Å². The Bertz CT molecular complexity index is 440. The molecule has 0 fully saturated rings. The van der Waals surface area contributed by atoms with Crippen molar-refractivity contribution < 1.29 is 21.8 Å². The van der Waals surface area contributed by atoms with Crippen molar-refractivity contribution in [3.63, 3.8) is 0 Å². The van der Waals surface area contributed by atoms with Crippen LogP contribution in [0.2, 0.25) is 0 Å². The first-order chi connectivity index (χ1) is 8.77. The average Bonchev–Trinajstić information content (AvgIpc) is 3.14. The van der Waals surface area contributed by atoms with Gasteiger partial charge >= 0.3 is 17.1 Å². The van der Waals surface area contributed by atoms with Crippen LogP contribution in [0.4, 0.5) is 0 Å². The standard InChI is InChI=1S/C11H14NO.C5H.Fe/c1-8(2)10-7-13-11(12-10)9-5-3-4-6-9;1-2-4-5-3-1;/h3-6,8,10H,7H2,1-2H3;1H;/q-1;-5;+2/t10-;;/m0../s1. The Kier molecular flexibility index (Phi) is 6.61. The summed E-state index contributed by atoms with van der Waals surface area (Å²) >= 11 is 0. The van der Waals surface area contributed by atoms with E-state index in [4.69, 9.17) is 4.74 Å². The van der Waals surface area contributed by atoms with Gasteiger partial charge in [-0.1, -0.05) is 19.4 Å². The largest absolute Gasteiger partial charge is 2.00 e. The molecule has 102 valence electrons. The monoisotopic (exact) mass is 293 g/mol. The van der Waals surface area contributed by atoms with Crippen molar-refractivity contribution in [1.29, 1.82) is 0 Å². The number of hydrogen-bond acceptors (Lipinski definition) is 2. The zero-order valence-electron chi connectivity index (χ0n) is 11.0. The normalized spacial score (nSPS) is 17.0. The first kappa shape index (κ1) is 15.7. The van der Waals surface area contributed by atoms with Gasteiger partial charge in [-0.3, -0.25) is 4.99 Å². The predicted octanol–water partition coefficient (Wildman–Crippen LogP) is 2.81. The molecule has 1 aliphatic rings. The van der Waals surface area contributed by atoms with E-state index in [9.17, 15) is 0 Å². The smallest absolute Gasteiger partial charge is 0.999 e. The minimum Gasteiger partial charge on any atom is -0.999 e. The summed E-state index contributed by atoms with van der Waals surface area (Å²) in [5.74, 6) is 1.37. The van der Waals surface area contributed by atoms with Crippen molar-refractivity contribution in [1.82, 2.24) is 0 Å². The molecule has 0 spiro atoms. The quantitative estimate of drug-likeness (QED) is 0.616. The fourth-order valence-corrected chi connectivity index (χ4v) is 1.59. The van der Waals surface area contributed by atoms with Gasteiger partial charge in [-0.05, 0) is 5.92 Å². The third-order valence-corrected chi connectivity index (χ3v) is 2.70. The van der Waals surface area contributed by atoms with E-state index in [2.05, 4.69) is 43.1 Å². The van der Waals surface area contributed by atoms with E-state index in [0.717, 1.165) is 18.1 Å². The van der Waals surface area contributed by atoms with Crippen LogP contribution in [0, 0.1) is 30.2 Å². The van der Waals surface area contributed by atoms with Crippen LogP contribution in [-0.2, 0) is 21.8 Å². The van der Waals surface area contributed by atoms with E-state index in [-0.39, 0.29) is 17.1 Å². The molecule has 0 saturated heterocycles. The number of hydrogen-bond donors (Lipinski definition) is 0. The van der Waals surface area contributed by atoms with Gasteiger partial charge in [-0.15, -0.1) is 0 Å². The minimum atomic E-state index is 0. The number of nitrogens with zero attached hydrogens (tertiary/aromatic N) is 1. The molecule has 2 aromatic carbocycles. The molecule has 0 aromatic heterocycles. The van der Waals surface area contributed by atoms with Crippen molar-refractivity contribution in [3.8, 4) is 0 Å². The molecular weight excluding hydrogens is 278 g/mol. The topological polar surface area (TPSA) is 21.6 Å². The van der Waals surface area contributed by atoms with E-state index in [1.165, 1.54) is 0 Å². The van der Waals surface area contributed by atoms with Gasteiger partial charge in [-0.25, -0.2) is 12.1 Å². The minimum absolute atomic E-state index is 0. The Morgan fingerprint density at radius 1 is 1.32 bits per heavy atom. The van der Waals surface area contributed by atoms with Gasteiger partial charge in [0.25, 0.3) is 0 Å². The van der Waals surface area contributed by atoms with E-state index >= 15 is 0 Å². The molecule has 1 atom stereocenters. The second-order valence-corrected chi connectivity index (χ2v) is 4.41. The van der Waals surface area contributed by atoms with Crippen molar-refractivity contribution in [3.05, 3.63) is 60.2 Å². The van der Waals surface area contributed by atoms with Crippen LogP contribution in [0.25, 0.3) is 0 Å². The molecule has 0 saturated carbocycles. The molecular formula is C16H15FeNO-4. The maximum absolute atomic E-state index is 5.52. The number of rotatable bonds is 2. The molecule has 0 amide bonds. The molecule has 0 aliphatic carbocycles. The molecule has 3 rings (SSSR count). The van der Waals surface area contributed by atoms with Crippen molar-refractivity contribution in [2.45, 2.75) is 19.9 Å². The Balaban J connectivity index is 0.000000256. The van der Waals surface area contributed by atoms with Crippen LogP contribution in [0.3, 0.4) is 0 Å². The molecule has 3 heteroatoms. The van der Waals surface area contributed by atoms with Gasteiger partial charge < -0.3 is 35.1 Å². The molecule has 2 aromatic rings. The van der Waals surface area contributed by atoms with Crippen molar-refractivity contribution in [2.24, 2.45) is 10.9 Å². The van der Waals surface area contributed by atoms with E-state index in [1.807, 2.05) is 24.3 Å². The first-order valence-corrected chi connectivity index (χ1v) is 6.03. The van der Waals surface area contributed by atoms with Gasteiger partial charge in [-0.2, -0.15) is 12.1 Å². The van der Waals surface area contributed by atoms with E-state index in [1.54, 1.807) is 6.07 Å². The maximum atomic E-state index is 5.52. The third-order valence-electron chi connectivity index (χ3n) is 2.70. The van der Waals surface area contributed by atoms with E-state index in [0.29, 0.717) is 12.0 Å². The first-order valence-electron chi connectivity index (χ1n) is 6.03. The molecule has 2 nitrogen and oxygen atoms in total. The summed E-state index contributed by atoms with van der Waals surface area (Å²) in [6.07, 6.45) is 0. The summed E-state index contributed by atoms with van der Waals surface area (Å²) in [5, 5.41) is 0. The second kappa shape index (κ2) is 7.98. The van der Waals surface area contributed by atoms with Gasteiger partial charge in [0.05, 0.1) is 6.04 Å². The Labute approximate surface area is 125 Å². The SMILES string of the molecule is CC(C)[C@@H]1COC([c-]2cccc2)=N1.[Fe+2].[c-]1[c-][c-][cH-][c-]1. The summed E-state index contributed by atoms with van der Waals surface area (Å²) in [5.41, 5.74) is 1.10. The van der Waals surface area contributed by atoms with Gasteiger partial charge in [0, 0.05) is 0 Å². The Morgan fingerprint density at radius 2 is 1.95 bits per heavy atom. The van der Waals surface area contributed by atoms with Gasteiger partial charge in [0.15, 0.2) is 5.90 Å². The van der Waals surface area contributed by atoms with Crippen molar-refractivity contribution in [2.75, 3.05) is 6.61 Å². The van der Waals surface area contributed by atoms with Crippen LogP contribution >= 0.6 is 0 Å². The summed E-state index contributed by atoms with van der Waals surface area (Å²) in [6.45, 7) is 5.08. The van der Waals surface area contributed by atoms with Crippen LogP contribution in [0.15, 0.2) is 35.3 Å². The van der Waals surface area contributed by atoms with Crippen LogP contribution < -0.4 is 0 Å². The Hall–Kier alpha value is -1.31. The summed E-state index contributed by atoms with van der Waals surface area (Å²) < 4.78 is 5.52. The second-order valence-electron chi connectivity index (χ2n) is 4.41. The fraction of sp³-hybridized carbons (Fsp3) is 0.312. The van der Waals surface area contributed by atoms with Crippen LogP contribution in [0.1, 0.15) is 19.4 Å². The molecule has 0 N–H and O–H groups in total. The molecule has 19 heavy (non-hydrogen) atoms. The maximum Gasteiger partial charge on any atom is 2.00 e. The van der Waals surface area contributed by atoms with Crippen LogP contribution in [0.5, 0.6) is 0 Å². The van der Waals surface area contributed by atoms with Crippen molar-refractivity contribution >= 4 is 5.90 Å². The molecule has 1 aliphatic heterocycles. The van der Waals surface area contributed by atoms with Gasteiger partial charge in [0.1, 0.15) is 6.61 Å². The zero-order chi connectivity index (χ0) is 12.8. The molecule has 1 heterocycles. The molecule has 0 unspecified atom stereocenters. The fourth-order valence-electron chi connectivity index (χ4n) is 1.59. The zero-order valence-corrected chi connectivity index (χ0v) is 12.1. The third kappa shape index (κ3) is 4.70. The number of ether oxygens (including phenoxy) is 1. The number of aliphatic imine (C=N–C) groups is 1. The summed E-state index contributed by atoms with van der Waals surface area (Å²) in [6, 6.07) is 20.4. The molecule has 0 bridgehead atoms. The molecule has 0 radical (unpaired) electrons. The predicted molar refractivity (Wildman–Crippen MR) is 70.5 cm³/mol. The Morgan fingerprint density at radius 3 is 2.37 bits per heavy atom. The summed E-state index contributed by atoms with van der Waals surface area (Å²) in [4.78, 5) is 4.52. The average molecular weight is 293 g/mol.